The molecule has 1 saturated heterocycles. The topological polar surface area (TPSA) is 81.3 Å². The second kappa shape index (κ2) is 8.43. The molecule has 0 spiro atoms. The Bertz CT molecular complexity index is 1060. The molecule has 1 aliphatic heterocycles. The summed E-state index contributed by atoms with van der Waals surface area (Å²) in [6.45, 7) is 12.1. The molecule has 5 rings (SSSR count). The zero-order valence-corrected chi connectivity index (χ0v) is 20.8. The summed E-state index contributed by atoms with van der Waals surface area (Å²) in [5.74, 6) is 0.306. The van der Waals surface area contributed by atoms with Crippen LogP contribution in [0.4, 0.5) is 5.69 Å². The molecule has 7 heteroatoms. The molecule has 2 N–H and O–H groups in total. The molecule has 182 valence electrons. The van der Waals surface area contributed by atoms with E-state index in [4.69, 9.17) is 0 Å². The average Bonchev–Trinajstić information content (AvgIpc) is 3.44. The van der Waals surface area contributed by atoms with Crippen LogP contribution in [0.15, 0.2) is 36.8 Å². The summed E-state index contributed by atoms with van der Waals surface area (Å²) >= 11 is 0. The minimum Gasteiger partial charge on any atom is -0.368 e. The number of nitrogens with zero attached hydrogens (tertiary/aromatic N) is 3. The van der Waals surface area contributed by atoms with Gasteiger partial charge in [0.2, 0.25) is 11.8 Å². The van der Waals surface area contributed by atoms with Crippen LogP contribution in [0, 0.1) is 29.6 Å². The molecule has 4 unspecified atom stereocenters. The number of aromatic amines is 1. The summed E-state index contributed by atoms with van der Waals surface area (Å²) in [4.78, 5) is 38.4. The second-order valence-corrected chi connectivity index (χ2v) is 11.2. The van der Waals surface area contributed by atoms with Crippen molar-refractivity contribution in [2.24, 2.45) is 22.7 Å². The number of hydrogen-bond donors (Lipinski definition) is 2. The Kier molecular flexibility index (Phi) is 5.69. The lowest BCUT2D eigenvalue weighted by molar-refractivity contribution is -0.139. The highest BCUT2D eigenvalue weighted by Gasteiger charge is 2.68. The van der Waals surface area contributed by atoms with Crippen LogP contribution in [0.1, 0.15) is 44.9 Å². The van der Waals surface area contributed by atoms with Gasteiger partial charge in [0.05, 0.1) is 18.7 Å². The van der Waals surface area contributed by atoms with Crippen molar-refractivity contribution in [1.29, 1.82) is 0 Å². The number of benzene rings is 1. The van der Waals surface area contributed by atoms with E-state index < -0.39 is 0 Å². The van der Waals surface area contributed by atoms with Gasteiger partial charge in [-0.3, -0.25) is 9.59 Å². The number of aromatic nitrogens is 2. The first-order chi connectivity index (χ1) is 16.2. The Labute approximate surface area is 202 Å². The molecule has 1 aromatic heterocycles. The lowest BCUT2D eigenvalue weighted by atomic mass is 9.69. The average molecular weight is 464 g/mol. The van der Waals surface area contributed by atoms with Crippen LogP contribution in [0.2, 0.25) is 0 Å². The fourth-order valence-electron chi connectivity index (χ4n) is 7.01. The first-order valence-corrected chi connectivity index (χ1v) is 12.6. The zero-order valence-electron chi connectivity index (χ0n) is 20.8. The van der Waals surface area contributed by atoms with Gasteiger partial charge in [0, 0.05) is 49.8 Å². The maximum Gasteiger partial charge on any atom is 0.228 e. The van der Waals surface area contributed by atoms with Gasteiger partial charge in [-0.05, 0) is 48.1 Å². The van der Waals surface area contributed by atoms with Gasteiger partial charge in [-0.15, -0.1) is 0 Å². The van der Waals surface area contributed by atoms with E-state index in [-0.39, 0.29) is 46.9 Å². The Hall–Kier alpha value is -2.83. The number of anilines is 1. The molecule has 34 heavy (non-hydrogen) atoms. The van der Waals surface area contributed by atoms with Crippen LogP contribution in [-0.2, 0) is 16.0 Å². The van der Waals surface area contributed by atoms with Crippen molar-refractivity contribution in [2.75, 3.05) is 31.1 Å². The van der Waals surface area contributed by atoms with E-state index in [1.54, 1.807) is 12.5 Å². The third-order valence-electron chi connectivity index (χ3n) is 9.41. The number of H-pyrrole nitrogens is 1. The van der Waals surface area contributed by atoms with E-state index in [0.717, 1.165) is 44.7 Å². The van der Waals surface area contributed by atoms with Crippen LogP contribution in [0.5, 0.6) is 0 Å². The highest BCUT2D eigenvalue weighted by atomic mass is 16.2. The number of para-hydroxylation sites is 1. The molecule has 7 nitrogen and oxygen atoms in total. The zero-order chi connectivity index (χ0) is 24.1. The first kappa shape index (κ1) is 22.9. The van der Waals surface area contributed by atoms with Crippen LogP contribution in [0.25, 0.3) is 0 Å². The first-order valence-electron chi connectivity index (χ1n) is 12.6. The highest BCUT2D eigenvalue weighted by Crippen LogP contribution is 2.67. The third-order valence-corrected chi connectivity index (χ3v) is 9.41. The molecule has 2 amide bonds. The molecule has 3 fully saturated rings. The molecule has 0 radical (unpaired) electrons. The number of rotatable bonds is 5. The molecular formula is C27H37N5O2. The molecule has 4 atom stereocenters. The van der Waals surface area contributed by atoms with Gasteiger partial charge in [0.25, 0.3) is 0 Å². The molecular weight excluding hydrogens is 426 g/mol. The van der Waals surface area contributed by atoms with Gasteiger partial charge in [-0.25, -0.2) is 4.98 Å². The quantitative estimate of drug-likeness (QED) is 0.714. The number of amides is 2. The number of piperazine rings is 1. The molecule has 2 aliphatic carbocycles. The van der Waals surface area contributed by atoms with Crippen LogP contribution in [0.3, 0.4) is 0 Å². The predicted molar refractivity (Wildman–Crippen MR) is 132 cm³/mol. The molecule has 2 heterocycles. The van der Waals surface area contributed by atoms with E-state index in [0.29, 0.717) is 0 Å². The van der Waals surface area contributed by atoms with Crippen molar-refractivity contribution in [3.05, 3.63) is 48.0 Å². The van der Waals surface area contributed by atoms with Crippen molar-refractivity contribution >= 4 is 17.5 Å². The molecule has 2 bridgehead atoms. The molecule has 1 aromatic carbocycles. The molecule has 2 aromatic rings. The summed E-state index contributed by atoms with van der Waals surface area (Å²) in [6.07, 6.45) is 5.63. The van der Waals surface area contributed by atoms with E-state index in [9.17, 15) is 9.59 Å². The number of aryl methyl sites for hydroxylation is 1. The maximum absolute atomic E-state index is 14.0. The molecule has 3 aliphatic rings. The highest BCUT2D eigenvalue weighted by molar-refractivity contribution is 5.84. The van der Waals surface area contributed by atoms with E-state index >= 15 is 0 Å². The number of carbonyl (C=O) groups is 2. The Morgan fingerprint density at radius 1 is 1.15 bits per heavy atom. The fraction of sp³-hybridized carbons (Fsp3) is 0.593. The molecule has 2 saturated carbocycles. The minimum atomic E-state index is -0.163. The maximum atomic E-state index is 14.0. The van der Waals surface area contributed by atoms with Gasteiger partial charge in [0.15, 0.2) is 0 Å². The second-order valence-electron chi connectivity index (χ2n) is 11.2. The fourth-order valence-corrected chi connectivity index (χ4v) is 7.01. The van der Waals surface area contributed by atoms with Crippen molar-refractivity contribution in [1.82, 2.24) is 20.2 Å². The standard InChI is InChI=1S/C27H37N5O2/c1-18-7-5-6-8-21(18)31-11-13-32(14-12-31)25(34)23-20-9-10-27(4,26(20,2)3)24(23)30-22(33)15-19-16-28-17-29-19/h5-8,16-17,20,23-24H,9-15H2,1-4H3,(H,28,29)(H,30,33). The number of carbonyl (C=O) groups excluding carboxylic acids is 2. The van der Waals surface area contributed by atoms with Crippen molar-refractivity contribution in [3.63, 3.8) is 0 Å². The largest absolute Gasteiger partial charge is 0.368 e. The lowest BCUT2D eigenvalue weighted by Crippen LogP contribution is -2.57. The summed E-state index contributed by atoms with van der Waals surface area (Å²) < 4.78 is 0. The minimum absolute atomic E-state index is 0.00222. The van der Waals surface area contributed by atoms with Gasteiger partial charge in [0.1, 0.15) is 0 Å². The van der Waals surface area contributed by atoms with E-state index in [1.165, 1.54) is 11.3 Å². The third kappa shape index (κ3) is 3.60. The van der Waals surface area contributed by atoms with E-state index in [2.05, 4.69) is 72.1 Å². The summed E-state index contributed by atoms with van der Waals surface area (Å²) in [5, 5.41) is 3.31. The number of nitrogens with one attached hydrogen (secondary N) is 2. The Morgan fingerprint density at radius 2 is 1.88 bits per heavy atom. The summed E-state index contributed by atoms with van der Waals surface area (Å²) in [5.41, 5.74) is 3.23. The number of hydrogen-bond acceptors (Lipinski definition) is 4. The van der Waals surface area contributed by atoms with Crippen molar-refractivity contribution < 1.29 is 9.59 Å². The number of imidazole rings is 1. The van der Waals surface area contributed by atoms with Gasteiger partial charge < -0.3 is 20.1 Å². The van der Waals surface area contributed by atoms with Gasteiger partial charge >= 0.3 is 0 Å². The summed E-state index contributed by atoms with van der Waals surface area (Å²) in [6, 6.07) is 8.31. The SMILES string of the molecule is Cc1ccccc1N1CCN(C(=O)C2C3CCC(C)(C2NC(=O)Cc2cnc[nH]2)C3(C)C)CC1. The van der Waals surface area contributed by atoms with Crippen molar-refractivity contribution in [2.45, 2.75) is 53.0 Å². The number of fused-ring (bicyclic) bond motifs is 2. The summed E-state index contributed by atoms with van der Waals surface area (Å²) in [7, 11) is 0. The van der Waals surface area contributed by atoms with Crippen LogP contribution < -0.4 is 10.2 Å². The van der Waals surface area contributed by atoms with Crippen molar-refractivity contribution in [3.8, 4) is 0 Å². The monoisotopic (exact) mass is 463 g/mol. The lowest BCUT2D eigenvalue weighted by Gasteiger charge is -2.42. The van der Waals surface area contributed by atoms with Gasteiger partial charge in [-0.1, -0.05) is 39.0 Å². The smallest absolute Gasteiger partial charge is 0.228 e. The Balaban J connectivity index is 1.32. The van der Waals surface area contributed by atoms with E-state index in [1.807, 2.05) is 4.90 Å². The Morgan fingerprint density at radius 3 is 2.56 bits per heavy atom. The predicted octanol–water partition coefficient (Wildman–Crippen LogP) is 3.17. The normalized spacial score (nSPS) is 29.9. The van der Waals surface area contributed by atoms with Crippen LogP contribution in [-0.4, -0.2) is 58.9 Å². The van der Waals surface area contributed by atoms with Gasteiger partial charge in [-0.2, -0.15) is 0 Å². The van der Waals surface area contributed by atoms with Crippen LogP contribution >= 0.6 is 0 Å².